The summed E-state index contributed by atoms with van der Waals surface area (Å²) in [6.07, 6.45) is 4.33. The Bertz CT molecular complexity index is 885. The van der Waals surface area contributed by atoms with Crippen molar-refractivity contribution in [2.24, 2.45) is 10.9 Å². The maximum atomic E-state index is 11.8. The third-order valence-corrected chi connectivity index (χ3v) is 5.94. The van der Waals surface area contributed by atoms with Crippen LogP contribution in [0.4, 0.5) is 0 Å². The van der Waals surface area contributed by atoms with Gasteiger partial charge in [-0.2, -0.15) is 5.26 Å². The lowest BCUT2D eigenvalue weighted by molar-refractivity contribution is -0.132. The van der Waals surface area contributed by atoms with Crippen molar-refractivity contribution in [2.45, 2.75) is 32.7 Å². The molecule has 0 bridgehead atoms. The highest BCUT2D eigenvalue weighted by atomic mass is 32.1. The Morgan fingerprint density at radius 1 is 1.52 bits per heavy atom. The summed E-state index contributed by atoms with van der Waals surface area (Å²) in [7, 11) is 0. The van der Waals surface area contributed by atoms with Gasteiger partial charge < -0.3 is 5.11 Å². The van der Waals surface area contributed by atoms with E-state index in [0.717, 1.165) is 10.6 Å². The first kappa shape index (κ1) is 16.1. The average Bonchev–Trinajstić information content (AvgIpc) is 3.19. The number of carbonyl (C=O) groups is 1. The van der Waals surface area contributed by atoms with E-state index in [1.165, 1.54) is 24.2 Å². The number of aliphatic carboxylic acids is 1. The topological polar surface area (TPSA) is 79.9 Å². The molecule has 1 aromatic rings. The van der Waals surface area contributed by atoms with Crippen LogP contribution >= 0.6 is 11.3 Å². The molecule has 0 spiro atoms. The van der Waals surface area contributed by atoms with E-state index in [4.69, 9.17) is 0 Å². The summed E-state index contributed by atoms with van der Waals surface area (Å²) in [6.45, 7) is 4.48. The lowest BCUT2D eigenvalue weighted by Gasteiger charge is -2.37. The fourth-order valence-corrected chi connectivity index (χ4v) is 4.27. The Labute approximate surface area is 150 Å². The SMILES string of the molecule is CC1=CC(c2sccc2C#N)=NC2=C(C(=O)O)CN([C@@H](C)C3CC3)N12. The molecule has 1 aliphatic carbocycles. The van der Waals surface area contributed by atoms with Gasteiger partial charge >= 0.3 is 5.97 Å². The first-order chi connectivity index (χ1) is 12.0. The van der Waals surface area contributed by atoms with E-state index in [-0.39, 0.29) is 6.04 Å². The molecule has 1 atom stereocenters. The highest BCUT2D eigenvalue weighted by Crippen LogP contribution is 2.41. The summed E-state index contributed by atoms with van der Waals surface area (Å²) < 4.78 is 0. The third-order valence-electron chi connectivity index (χ3n) is 5.00. The second-order valence-electron chi connectivity index (χ2n) is 6.65. The number of aliphatic imine (C=N–C) groups is 1. The van der Waals surface area contributed by atoms with Crippen molar-refractivity contribution in [3.05, 3.63) is 45.1 Å². The van der Waals surface area contributed by atoms with Gasteiger partial charge in [-0.3, -0.25) is 5.01 Å². The average molecular weight is 354 g/mol. The normalized spacial score (nSPS) is 21.6. The zero-order valence-electron chi connectivity index (χ0n) is 14.1. The molecule has 4 rings (SSSR count). The van der Waals surface area contributed by atoms with Gasteiger partial charge in [0.25, 0.3) is 0 Å². The Kier molecular flexibility index (Phi) is 3.74. The number of thiophene rings is 1. The largest absolute Gasteiger partial charge is 0.478 e. The lowest BCUT2D eigenvalue weighted by Crippen LogP contribution is -2.44. The Balaban J connectivity index is 1.78. The van der Waals surface area contributed by atoms with Crippen molar-refractivity contribution in [3.8, 4) is 6.07 Å². The molecular weight excluding hydrogens is 336 g/mol. The lowest BCUT2D eigenvalue weighted by atomic mass is 10.1. The second kappa shape index (κ2) is 5.83. The highest BCUT2D eigenvalue weighted by Gasteiger charge is 2.43. The van der Waals surface area contributed by atoms with Gasteiger partial charge in [0.2, 0.25) is 0 Å². The highest BCUT2D eigenvalue weighted by molar-refractivity contribution is 7.12. The standard InChI is InChI=1S/C18H18N4O2S/c1-10-7-15(16-13(8-19)5-6-25-16)20-17-14(18(23)24)9-21(22(10)17)11(2)12-3-4-12/h5-7,11-12H,3-4,9H2,1-2H3,(H,23,24)/t11-/m0/s1. The van der Waals surface area contributed by atoms with Gasteiger partial charge in [0.05, 0.1) is 28.3 Å². The molecule has 0 aromatic carbocycles. The van der Waals surface area contributed by atoms with Crippen LogP contribution in [0.1, 0.15) is 37.1 Å². The molecule has 1 aromatic heterocycles. The van der Waals surface area contributed by atoms with Gasteiger partial charge in [-0.1, -0.05) is 0 Å². The minimum absolute atomic E-state index is 0.281. The van der Waals surface area contributed by atoms with Crippen LogP contribution in [0.15, 0.2) is 39.6 Å². The molecule has 0 radical (unpaired) electrons. The molecule has 1 N–H and O–H groups in total. The van der Waals surface area contributed by atoms with Crippen LogP contribution in [-0.4, -0.2) is 39.4 Å². The predicted octanol–water partition coefficient (Wildman–Crippen LogP) is 2.95. The Morgan fingerprint density at radius 3 is 2.92 bits per heavy atom. The zero-order valence-corrected chi connectivity index (χ0v) is 14.9. The van der Waals surface area contributed by atoms with Crippen molar-refractivity contribution in [2.75, 3.05) is 6.54 Å². The van der Waals surface area contributed by atoms with Gasteiger partial charge in [-0.05, 0) is 50.1 Å². The molecule has 3 heterocycles. The number of hydrogen-bond donors (Lipinski definition) is 1. The number of nitrogens with zero attached hydrogens (tertiary/aromatic N) is 4. The maximum absolute atomic E-state index is 11.8. The predicted molar refractivity (Wildman–Crippen MR) is 94.7 cm³/mol. The fourth-order valence-electron chi connectivity index (χ4n) is 3.47. The molecule has 1 saturated carbocycles. The van der Waals surface area contributed by atoms with Crippen molar-refractivity contribution in [3.63, 3.8) is 0 Å². The van der Waals surface area contributed by atoms with Gasteiger partial charge in [0, 0.05) is 11.7 Å². The molecule has 128 valence electrons. The van der Waals surface area contributed by atoms with Gasteiger partial charge in [-0.25, -0.2) is 14.8 Å². The summed E-state index contributed by atoms with van der Waals surface area (Å²) in [6, 6.07) is 4.22. The molecule has 3 aliphatic rings. The number of allylic oxidation sites excluding steroid dienone is 2. The maximum Gasteiger partial charge on any atom is 0.336 e. The minimum atomic E-state index is -0.935. The first-order valence-electron chi connectivity index (χ1n) is 8.29. The summed E-state index contributed by atoms with van der Waals surface area (Å²) in [5.74, 6) is 0.164. The number of rotatable bonds is 4. The Morgan fingerprint density at radius 2 is 2.28 bits per heavy atom. The first-order valence-corrected chi connectivity index (χ1v) is 9.17. The molecule has 1 fully saturated rings. The van der Waals surface area contributed by atoms with Crippen molar-refractivity contribution in [1.82, 2.24) is 10.0 Å². The molecule has 0 saturated heterocycles. The van der Waals surface area contributed by atoms with E-state index in [1.807, 2.05) is 23.4 Å². The van der Waals surface area contributed by atoms with Crippen LogP contribution in [0.3, 0.4) is 0 Å². The third kappa shape index (κ3) is 2.58. The van der Waals surface area contributed by atoms with Crippen LogP contribution < -0.4 is 0 Å². The molecular formula is C18H18N4O2S. The number of nitriles is 1. The van der Waals surface area contributed by atoms with Crippen LogP contribution in [0.2, 0.25) is 0 Å². The summed E-state index contributed by atoms with van der Waals surface area (Å²) in [4.78, 5) is 17.2. The summed E-state index contributed by atoms with van der Waals surface area (Å²) >= 11 is 1.45. The van der Waals surface area contributed by atoms with Crippen molar-refractivity contribution < 1.29 is 9.90 Å². The van der Waals surface area contributed by atoms with Gasteiger partial charge in [-0.15, -0.1) is 11.3 Å². The Hall–Kier alpha value is -2.43. The van der Waals surface area contributed by atoms with E-state index in [0.29, 0.717) is 35.1 Å². The van der Waals surface area contributed by atoms with E-state index < -0.39 is 5.97 Å². The molecule has 0 unspecified atom stereocenters. The molecule has 0 amide bonds. The van der Waals surface area contributed by atoms with E-state index in [9.17, 15) is 15.2 Å². The molecule has 7 heteroatoms. The zero-order chi connectivity index (χ0) is 17.7. The van der Waals surface area contributed by atoms with E-state index >= 15 is 0 Å². The molecule has 25 heavy (non-hydrogen) atoms. The smallest absolute Gasteiger partial charge is 0.336 e. The molecule has 6 nitrogen and oxygen atoms in total. The molecule has 2 aliphatic heterocycles. The van der Waals surface area contributed by atoms with E-state index in [1.54, 1.807) is 6.07 Å². The number of carboxylic acids is 1. The van der Waals surface area contributed by atoms with Gasteiger partial charge in [0.15, 0.2) is 5.82 Å². The second-order valence-corrected chi connectivity index (χ2v) is 7.57. The number of hydrazine groups is 1. The number of carboxylic acid groups (broad SMARTS) is 1. The number of hydrogen-bond acceptors (Lipinski definition) is 6. The van der Waals surface area contributed by atoms with Crippen LogP contribution in [0.25, 0.3) is 0 Å². The van der Waals surface area contributed by atoms with E-state index in [2.05, 4.69) is 23.0 Å². The van der Waals surface area contributed by atoms with Crippen LogP contribution in [0, 0.1) is 17.2 Å². The van der Waals surface area contributed by atoms with Crippen LogP contribution in [0.5, 0.6) is 0 Å². The van der Waals surface area contributed by atoms with Crippen molar-refractivity contribution in [1.29, 1.82) is 5.26 Å². The quantitative estimate of drug-likeness (QED) is 0.899. The fraction of sp³-hybridized carbons (Fsp3) is 0.389. The van der Waals surface area contributed by atoms with Crippen LogP contribution in [-0.2, 0) is 4.79 Å². The monoisotopic (exact) mass is 354 g/mol. The summed E-state index contributed by atoms with van der Waals surface area (Å²) in [5.41, 5.74) is 2.48. The van der Waals surface area contributed by atoms with Gasteiger partial charge in [0.1, 0.15) is 6.07 Å². The minimum Gasteiger partial charge on any atom is -0.478 e. The number of fused-ring (bicyclic) bond motifs is 1. The van der Waals surface area contributed by atoms with Crippen molar-refractivity contribution >= 4 is 23.0 Å². The summed E-state index contributed by atoms with van der Waals surface area (Å²) in [5, 5.41) is 24.8.